The molecule has 0 fully saturated rings. The molecule has 0 spiro atoms. The monoisotopic (exact) mass is 237 g/mol. The smallest absolute Gasteiger partial charge is 0.226 e. The summed E-state index contributed by atoms with van der Waals surface area (Å²) in [6.07, 6.45) is 3.67. The van der Waals surface area contributed by atoms with Crippen LogP contribution in [-0.2, 0) is 11.2 Å². The first-order valence-electron chi connectivity index (χ1n) is 6.20. The average Bonchev–Trinajstić information content (AvgIpc) is 2.85. The second kappa shape index (κ2) is 7.12. The Morgan fingerprint density at radius 2 is 2.35 bits per heavy atom. The molecule has 96 valence electrons. The topological polar surface area (TPSA) is 48.1 Å². The maximum absolute atomic E-state index is 12.1. The molecule has 1 aromatic rings. The van der Waals surface area contributed by atoms with Crippen LogP contribution in [0.3, 0.4) is 0 Å². The summed E-state index contributed by atoms with van der Waals surface area (Å²) >= 11 is 0. The predicted octanol–water partition coefficient (Wildman–Crippen LogP) is 1.26. The number of carbonyl (C=O) groups excluding carboxylic acids is 1. The van der Waals surface area contributed by atoms with Gasteiger partial charge in [-0.25, -0.2) is 0 Å². The van der Waals surface area contributed by atoms with Crippen LogP contribution >= 0.6 is 0 Å². The number of nitrogens with one attached hydrogen (secondary N) is 2. The summed E-state index contributed by atoms with van der Waals surface area (Å²) in [7, 11) is 3.76. The summed E-state index contributed by atoms with van der Waals surface area (Å²) in [4.78, 5) is 17.1. The third-order valence-electron chi connectivity index (χ3n) is 3.05. The van der Waals surface area contributed by atoms with Gasteiger partial charge in [-0.15, -0.1) is 0 Å². The van der Waals surface area contributed by atoms with Crippen molar-refractivity contribution < 1.29 is 4.79 Å². The van der Waals surface area contributed by atoms with Crippen molar-refractivity contribution in [1.82, 2.24) is 15.2 Å². The minimum Gasteiger partial charge on any atom is -0.365 e. The van der Waals surface area contributed by atoms with Crippen molar-refractivity contribution in [3.8, 4) is 0 Å². The molecule has 1 amide bonds. The number of rotatable bonds is 7. The van der Waals surface area contributed by atoms with Crippen LogP contribution in [0, 0.1) is 5.92 Å². The number of aromatic nitrogens is 1. The molecule has 0 saturated heterocycles. The zero-order chi connectivity index (χ0) is 12.7. The summed E-state index contributed by atoms with van der Waals surface area (Å²) < 4.78 is 0. The van der Waals surface area contributed by atoms with Gasteiger partial charge in [-0.1, -0.05) is 6.92 Å². The lowest BCUT2D eigenvalue weighted by atomic mass is 10.1. The van der Waals surface area contributed by atoms with Gasteiger partial charge >= 0.3 is 0 Å². The molecule has 1 aromatic heterocycles. The first-order valence-corrected chi connectivity index (χ1v) is 6.20. The van der Waals surface area contributed by atoms with E-state index >= 15 is 0 Å². The van der Waals surface area contributed by atoms with Gasteiger partial charge < -0.3 is 15.2 Å². The Bertz CT molecular complexity index is 321. The Balaban J connectivity index is 2.40. The first-order chi connectivity index (χ1) is 8.19. The number of likely N-dealkylation sites (N-methyl/N-ethyl adjacent to an activating group) is 1. The van der Waals surface area contributed by atoms with Crippen LogP contribution in [-0.4, -0.2) is 43.0 Å². The second-order valence-corrected chi connectivity index (χ2v) is 4.37. The Kier molecular flexibility index (Phi) is 5.77. The Morgan fingerprint density at radius 3 is 2.88 bits per heavy atom. The molecule has 17 heavy (non-hydrogen) atoms. The molecule has 0 aliphatic rings. The van der Waals surface area contributed by atoms with Gasteiger partial charge in [0.1, 0.15) is 0 Å². The van der Waals surface area contributed by atoms with E-state index < -0.39 is 0 Å². The lowest BCUT2D eigenvalue weighted by molar-refractivity contribution is -0.134. The summed E-state index contributed by atoms with van der Waals surface area (Å²) in [6, 6.07) is 4.02. The molecule has 0 aliphatic carbocycles. The van der Waals surface area contributed by atoms with Crippen LogP contribution in [0.15, 0.2) is 18.3 Å². The minimum absolute atomic E-state index is 0.0913. The number of H-pyrrole nitrogens is 1. The number of carbonyl (C=O) groups is 1. The number of hydrogen-bond donors (Lipinski definition) is 2. The molecular weight excluding hydrogens is 214 g/mol. The van der Waals surface area contributed by atoms with E-state index in [0.29, 0.717) is 0 Å². The molecule has 2 N–H and O–H groups in total. The fraction of sp³-hybridized carbons (Fsp3) is 0.615. The fourth-order valence-electron chi connectivity index (χ4n) is 1.89. The zero-order valence-corrected chi connectivity index (χ0v) is 11.0. The van der Waals surface area contributed by atoms with E-state index in [9.17, 15) is 4.79 Å². The molecule has 0 bridgehead atoms. The van der Waals surface area contributed by atoms with Crippen LogP contribution in [0.2, 0.25) is 0 Å². The van der Waals surface area contributed by atoms with Gasteiger partial charge in [0.15, 0.2) is 0 Å². The molecule has 1 rings (SSSR count). The largest absolute Gasteiger partial charge is 0.365 e. The van der Waals surface area contributed by atoms with E-state index in [0.717, 1.165) is 25.9 Å². The molecule has 1 atom stereocenters. The highest BCUT2D eigenvalue weighted by Crippen LogP contribution is 2.06. The summed E-state index contributed by atoms with van der Waals surface area (Å²) in [6.45, 7) is 3.57. The summed E-state index contributed by atoms with van der Waals surface area (Å²) in [5, 5.41) is 3.07. The highest BCUT2D eigenvalue weighted by Gasteiger charge is 2.19. The molecule has 4 heteroatoms. The normalized spacial score (nSPS) is 12.4. The van der Waals surface area contributed by atoms with Gasteiger partial charge in [-0.3, -0.25) is 4.79 Å². The van der Waals surface area contributed by atoms with Crippen molar-refractivity contribution in [3.05, 3.63) is 24.0 Å². The Labute approximate surface area is 103 Å². The molecule has 1 unspecified atom stereocenters. The molecular formula is C13H23N3O. The molecule has 0 aliphatic heterocycles. The van der Waals surface area contributed by atoms with Crippen molar-refractivity contribution in [2.45, 2.75) is 19.8 Å². The van der Waals surface area contributed by atoms with Crippen molar-refractivity contribution in [2.75, 3.05) is 27.2 Å². The predicted molar refractivity (Wildman–Crippen MR) is 69.8 cm³/mol. The van der Waals surface area contributed by atoms with E-state index in [1.165, 1.54) is 5.69 Å². The highest BCUT2D eigenvalue weighted by molar-refractivity contribution is 5.78. The van der Waals surface area contributed by atoms with Gasteiger partial charge in [0.2, 0.25) is 5.91 Å². The van der Waals surface area contributed by atoms with Crippen molar-refractivity contribution in [3.63, 3.8) is 0 Å². The van der Waals surface area contributed by atoms with Crippen LogP contribution < -0.4 is 5.32 Å². The van der Waals surface area contributed by atoms with E-state index in [1.54, 1.807) is 0 Å². The number of aromatic amines is 1. The minimum atomic E-state index is 0.0913. The van der Waals surface area contributed by atoms with Gasteiger partial charge in [0.25, 0.3) is 0 Å². The van der Waals surface area contributed by atoms with Gasteiger partial charge in [-0.2, -0.15) is 0 Å². The van der Waals surface area contributed by atoms with E-state index in [-0.39, 0.29) is 11.8 Å². The number of nitrogens with zero attached hydrogens (tertiary/aromatic N) is 1. The second-order valence-electron chi connectivity index (χ2n) is 4.37. The molecule has 4 nitrogen and oxygen atoms in total. The van der Waals surface area contributed by atoms with E-state index in [1.807, 2.05) is 37.3 Å². The van der Waals surface area contributed by atoms with Gasteiger partial charge in [0.05, 0.1) is 5.92 Å². The van der Waals surface area contributed by atoms with Crippen molar-refractivity contribution in [1.29, 1.82) is 0 Å². The standard InChI is InChI=1S/C13H23N3O/c1-4-11(10-14-2)13(17)16(3)9-7-12-6-5-8-15-12/h5-6,8,11,14-15H,4,7,9-10H2,1-3H3. The lowest BCUT2D eigenvalue weighted by Crippen LogP contribution is -2.38. The summed E-state index contributed by atoms with van der Waals surface area (Å²) in [5.74, 6) is 0.321. The van der Waals surface area contributed by atoms with Crippen LogP contribution in [0.1, 0.15) is 19.0 Å². The van der Waals surface area contributed by atoms with Crippen LogP contribution in [0.5, 0.6) is 0 Å². The maximum atomic E-state index is 12.1. The number of hydrogen-bond acceptors (Lipinski definition) is 2. The summed E-state index contributed by atoms with van der Waals surface area (Å²) in [5.41, 5.74) is 1.17. The van der Waals surface area contributed by atoms with Crippen LogP contribution in [0.25, 0.3) is 0 Å². The van der Waals surface area contributed by atoms with Crippen molar-refractivity contribution >= 4 is 5.91 Å². The lowest BCUT2D eigenvalue weighted by Gasteiger charge is -2.22. The quantitative estimate of drug-likeness (QED) is 0.750. The van der Waals surface area contributed by atoms with E-state index in [2.05, 4.69) is 17.2 Å². The molecule has 0 aromatic carbocycles. The average molecular weight is 237 g/mol. The third-order valence-corrected chi connectivity index (χ3v) is 3.05. The SMILES string of the molecule is CCC(CNC)C(=O)N(C)CCc1ccc[nH]1. The fourth-order valence-corrected chi connectivity index (χ4v) is 1.89. The Hall–Kier alpha value is -1.29. The van der Waals surface area contributed by atoms with E-state index in [4.69, 9.17) is 0 Å². The molecule has 0 saturated carbocycles. The molecule has 0 radical (unpaired) electrons. The number of amides is 1. The first kappa shape index (κ1) is 13.8. The van der Waals surface area contributed by atoms with Crippen LogP contribution in [0.4, 0.5) is 0 Å². The zero-order valence-electron chi connectivity index (χ0n) is 11.0. The van der Waals surface area contributed by atoms with Gasteiger partial charge in [0, 0.05) is 38.4 Å². The van der Waals surface area contributed by atoms with Gasteiger partial charge in [-0.05, 0) is 25.6 Å². The highest BCUT2D eigenvalue weighted by atomic mass is 16.2. The third kappa shape index (κ3) is 4.23. The van der Waals surface area contributed by atoms with Crippen molar-refractivity contribution in [2.24, 2.45) is 5.92 Å². The molecule has 1 heterocycles. The maximum Gasteiger partial charge on any atom is 0.226 e. The Morgan fingerprint density at radius 1 is 1.59 bits per heavy atom.